The highest BCUT2D eigenvalue weighted by molar-refractivity contribution is 6.32. The normalized spacial score (nSPS) is 10.5. The highest BCUT2D eigenvalue weighted by Gasteiger charge is 2.16. The topological polar surface area (TPSA) is 78.3 Å². The van der Waals surface area contributed by atoms with E-state index in [0.29, 0.717) is 28.0 Å². The molecule has 3 aromatic rings. The van der Waals surface area contributed by atoms with Crippen LogP contribution in [0.1, 0.15) is 22.0 Å². The SMILES string of the molecule is COc1cc(CNC(=O)c2nc(C)n(-c3ccccc3Cl)n2)cc(OC)c1. The van der Waals surface area contributed by atoms with Crippen molar-refractivity contribution in [1.29, 1.82) is 0 Å². The number of halogens is 1. The summed E-state index contributed by atoms with van der Waals surface area (Å²) >= 11 is 6.21. The Kier molecular flexibility index (Phi) is 5.61. The van der Waals surface area contributed by atoms with Gasteiger partial charge >= 0.3 is 0 Å². The molecule has 8 heteroatoms. The average Bonchev–Trinajstić information content (AvgIpc) is 3.07. The van der Waals surface area contributed by atoms with E-state index in [1.807, 2.05) is 30.3 Å². The summed E-state index contributed by atoms with van der Waals surface area (Å²) in [7, 11) is 3.15. The first-order valence-corrected chi connectivity index (χ1v) is 8.58. The second-order valence-corrected chi connectivity index (χ2v) is 6.16. The van der Waals surface area contributed by atoms with Gasteiger partial charge in [-0.3, -0.25) is 4.79 Å². The van der Waals surface area contributed by atoms with Crippen LogP contribution in [0.25, 0.3) is 5.69 Å². The van der Waals surface area contributed by atoms with Crippen LogP contribution in [-0.2, 0) is 6.54 Å². The molecular weight excluding hydrogens is 368 g/mol. The Morgan fingerprint density at radius 2 is 1.81 bits per heavy atom. The molecule has 0 aliphatic carbocycles. The van der Waals surface area contributed by atoms with E-state index in [-0.39, 0.29) is 18.3 Å². The van der Waals surface area contributed by atoms with Gasteiger partial charge in [0.25, 0.3) is 5.91 Å². The summed E-state index contributed by atoms with van der Waals surface area (Å²) in [6, 6.07) is 12.7. The lowest BCUT2D eigenvalue weighted by Crippen LogP contribution is -2.24. The fraction of sp³-hybridized carbons (Fsp3) is 0.211. The first-order valence-electron chi connectivity index (χ1n) is 8.20. The van der Waals surface area contributed by atoms with Gasteiger partial charge in [-0.2, -0.15) is 0 Å². The number of methoxy groups -OCH3 is 2. The van der Waals surface area contributed by atoms with E-state index in [1.165, 1.54) is 0 Å². The Balaban J connectivity index is 1.76. The number of rotatable bonds is 6. The molecule has 2 aromatic carbocycles. The van der Waals surface area contributed by atoms with E-state index >= 15 is 0 Å². The number of para-hydroxylation sites is 1. The molecule has 0 spiro atoms. The smallest absolute Gasteiger partial charge is 0.291 e. The van der Waals surface area contributed by atoms with Crippen LogP contribution in [0.5, 0.6) is 11.5 Å². The predicted octanol–water partition coefficient (Wildman–Crippen LogP) is 3.18. The van der Waals surface area contributed by atoms with Crippen LogP contribution < -0.4 is 14.8 Å². The summed E-state index contributed by atoms with van der Waals surface area (Å²) in [4.78, 5) is 16.7. The Morgan fingerprint density at radius 3 is 2.44 bits per heavy atom. The van der Waals surface area contributed by atoms with Gasteiger partial charge in [0.1, 0.15) is 17.3 Å². The van der Waals surface area contributed by atoms with E-state index in [9.17, 15) is 4.79 Å². The second-order valence-electron chi connectivity index (χ2n) is 5.75. The van der Waals surface area contributed by atoms with Gasteiger partial charge in [0.15, 0.2) is 0 Å². The fourth-order valence-electron chi connectivity index (χ4n) is 2.57. The molecule has 0 fully saturated rings. The monoisotopic (exact) mass is 386 g/mol. The van der Waals surface area contributed by atoms with E-state index in [1.54, 1.807) is 38.0 Å². The summed E-state index contributed by atoms with van der Waals surface area (Å²) in [5.41, 5.74) is 1.50. The zero-order valence-electron chi connectivity index (χ0n) is 15.2. The molecule has 0 saturated heterocycles. The average molecular weight is 387 g/mol. The second kappa shape index (κ2) is 8.09. The van der Waals surface area contributed by atoms with Crippen molar-refractivity contribution in [2.75, 3.05) is 14.2 Å². The third kappa shape index (κ3) is 4.20. The number of amides is 1. The highest BCUT2D eigenvalue weighted by atomic mass is 35.5. The largest absolute Gasteiger partial charge is 0.497 e. The standard InChI is InChI=1S/C19H19ClN4O3/c1-12-22-18(23-24(12)17-7-5-4-6-16(17)20)19(25)21-11-13-8-14(26-2)10-15(9-13)27-3/h4-10H,11H2,1-3H3,(H,21,25). The van der Waals surface area contributed by atoms with Crippen molar-refractivity contribution in [3.05, 3.63) is 64.7 Å². The van der Waals surface area contributed by atoms with Gasteiger partial charge in [0.05, 0.1) is 24.9 Å². The van der Waals surface area contributed by atoms with E-state index in [0.717, 1.165) is 5.56 Å². The minimum Gasteiger partial charge on any atom is -0.497 e. The lowest BCUT2D eigenvalue weighted by Gasteiger charge is -2.09. The Labute approximate surface area is 161 Å². The van der Waals surface area contributed by atoms with Crippen molar-refractivity contribution >= 4 is 17.5 Å². The third-order valence-electron chi connectivity index (χ3n) is 3.92. The molecule has 27 heavy (non-hydrogen) atoms. The van der Waals surface area contributed by atoms with E-state index in [4.69, 9.17) is 21.1 Å². The fourth-order valence-corrected chi connectivity index (χ4v) is 2.78. The first kappa shape index (κ1) is 18.7. The molecule has 0 aliphatic heterocycles. The van der Waals surface area contributed by atoms with Gasteiger partial charge < -0.3 is 14.8 Å². The summed E-state index contributed by atoms with van der Waals surface area (Å²) in [5.74, 6) is 1.55. The van der Waals surface area contributed by atoms with Crippen LogP contribution in [0, 0.1) is 6.92 Å². The maximum Gasteiger partial charge on any atom is 0.291 e. The summed E-state index contributed by atoms with van der Waals surface area (Å²) in [6.07, 6.45) is 0. The Hall–Kier alpha value is -3.06. The molecule has 0 saturated carbocycles. The number of nitrogens with zero attached hydrogens (tertiary/aromatic N) is 3. The van der Waals surface area contributed by atoms with Gasteiger partial charge in [-0.1, -0.05) is 23.7 Å². The summed E-state index contributed by atoms with van der Waals surface area (Å²) < 4.78 is 12.0. The lowest BCUT2D eigenvalue weighted by molar-refractivity contribution is 0.0940. The van der Waals surface area contributed by atoms with E-state index in [2.05, 4.69) is 15.4 Å². The van der Waals surface area contributed by atoms with Crippen LogP contribution in [0.15, 0.2) is 42.5 Å². The molecule has 1 heterocycles. The van der Waals surface area contributed by atoms with Crippen LogP contribution in [0.2, 0.25) is 5.02 Å². The van der Waals surface area contributed by atoms with Crippen LogP contribution >= 0.6 is 11.6 Å². The molecule has 1 N–H and O–H groups in total. The van der Waals surface area contributed by atoms with Crippen molar-refractivity contribution in [2.45, 2.75) is 13.5 Å². The quantitative estimate of drug-likeness (QED) is 0.704. The third-order valence-corrected chi connectivity index (χ3v) is 4.24. The van der Waals surface area contributed by atoms with Gasteiger partial charge in [0, 0.05) is 12.6 Å². The molecule has 0 unspecified atom stereocenters. The zero-order chi connectivity index (χ0) is 19.4. The number of carbonyl (C=O) groups excluding carboxylic acids is 1. The number of ether oxygens (including phenoxy) is 2. The number of aryl methyl sites for hydroxylation is 1. The van der Waals surface area contributed by atoms with Gasteiger partial charge in [-0.15, -0.1) is 5.10 Å². The Morgan fingerprint density at radius 1 is 1.15 bits per heavy atom. The Bertz CT molecular complexity index is 949. The van der Waals surface area contributed by atoms with Crippen molar-refractivity contribution in [3.8, 4) is 17.2 Å². The van der Waals surface area contributed by atoms with Crippen molar-refractivity contribution in [2.24, 2.45) is 0 Å². The lowest BCUT2D eigenvalue weighted by atomic mass is 10.2. The van der Waals surface area contributed by atoms with Crippen LogP contribution in [0.4, 0.5) is 0 Å². The van der Waals surface area contributed by atoms with Gasteiger partial charge in [0.2, 0.25) is 5.82 Å². The van der Waals surface area contributed by atoms with Crippen LogP contribution in [0.3, 0.4) is 0 Å². The number of carbonyl (C=O) groups is 1. The molecule has 0 bridgehead atoms. The molecule has 0 radical (unpaired) electrons. The minimum absolute atomic E-state index is 0.0716. The minimum atomic E-state index is -0.384. The molecule has 7 nitrogen and oxygen atoms in total. The molecule has 1 amide bonds. The highest BCUT2D eigenvalue weighted by Crippen LogP contribution is 2.23. The number of hydrogen-bond acceptors (Lipinski definition) is 5. The van der Waals surface area contributed by atoms with Crippen molar-refractivity contribution in [3.63, 3.8) is 0 Å². The van der Waals surface area contributed by atoms with Gasteiger partial charge in [-0.25, -0.2) is 9.67 Å². The summed E-state index contributed by atoms with van der Waals surface area (Å²) in [5, 5.41) is 7.61. The van der Waals surface area contributed by atoms with Gasteiger partial charge in [-0.05, 0) is 36.8 Å². The molecule has 3 rings (SSSR count). The molecule has 0 aliphatic rings. The zero-order valence-corrected chi connectivity index (χ0v) is 15.9. The predicted molar refractivity (Wildman–Crippen MR) is 102 cm³/mol. The molecule has 0 atom stereocenters. The molecule has 1 aromatic heterocycles. The maximum absolute atomic E-state index is 12.5. The number of nitrogens with one attached hydrogen (secondary N) is 1. The summed E-state index contributed by atoms with van der Waals surface area (Å²) in [6.45, 7) is 2.05. The molecular formula is C19H19ClN4O3. The van der Waals surface area contributed by atoms with E-state index < -0.39 is 0 Å². The first-order chi connectivity index (χ1) is 13.0. The van der Waals surface area contributed by atoms with Crippen molar-refractivity contribution < 1.29 is 14.3 Å². The number of benzene rings is 2. The number of hydrogen-bond donors (Lipinski definition) is 1. The van der Waals surface area contributed by atoms with Crippen LogP contribution in [-0.4, -0.2) is 34.9 Å². The molecule has 140 valence electrons. The number of aromatic nitrogens is 3. The van der Waals surface area contributed by atoms with Crippen molar-refractivity contribution in [1.82, 2.24) is 20.1 Å². The maximum atomic E-state index is 12.5.